The normalized spacial score (nSPS) is 20.6. The van der Waals surface area contributed by atoms with Crippen LogP contribution in [0.25, 0.3) is 0 Å². The van der Waals surface area contributed by atoms with E-state index in [1.165, 1.54) is 30.5 Å². The Bertz CT molecular complexity index is 382. The van der Waals surface area contributed by atoms with Gasteiger partial charge in [0.15, 0.2) is 0 Å². The lowest BCUT2D eigenvalue weighted by Gasteiger charge is -2.38. The second kappa shape index (κ2) is 3.16. The van der Waals surface area contributed by atoms with Gasteiger partial charge in [0.1, 0.15) is 5.75 Å². The predicted octanol–water partition coefficient (Wildman–Crippen LogP) is 2.93. The summed E-state index contributed by atoms with van der Waals surface area (Å²) in [5, 5.41) is 3.51. The number of ether oxygens (including phenoxy) is 1. The van der Waals surface area contributed by atoms with Crippen molar-refractivity contribution in [3.05, 3.63) is 23.8 Å². The molecule has 1 aliphatic carbocycles. The Labute approximate surface area is 90.6 Å². The molecule has 0 radical (unpaired) electrons. The van der Waals surface area contributed by atoms with Crippen LogP contribution in [-0.2, 0) is 5.41 Å². The Kier molecular flexibility index (Phi) is 1.91. The van der Waals surface area contributed by atoms with Crippen molar-refractivity contribution in [3.63, 3.8) is 0 Å². The van der Waals surface area contributed by atoms with E-state index < -0.39 is 0 Å². The van der Waals surface area contributed by atoms with Crippen molar-refractivity contribution in [1.29, 1.82) is 0 Å². The van der Waals surface area contributed by atoms with E-state index in [9.17, 15) is 0 Å². The summed E-state index contributed by atoms with van der Waals surface area (Å²) in [5.74, 6) is 1.02. The molecule has 1 spiro atoms. The van der Waals surface area contributed by atoms with Gasteiger partial charge in [0.2, 0.25) is 0 Å². The molecule has 1 aromatic rings. The molecule has 0 bridgehead atoms. The smallest absolute Gasteiger partial charge is 0.119 e. The zero-order valence-electron chi connectivity index (χ0n) is 9.18. The molecule has 2 heteroatoms. The third kappa shape index (κ3) is 1.24. The van der Waals surface area contributed by atoms with Crippen LogP contribution in [0.15, 0.2) is 18.2 Å². The molecule has 1 N–H and O–H groups in total. The van der Waals surface area contributed by atoms with Crippen LogP contribution in [0.2, 0.25) is 0 Å². The maximum Gasteiger partial charge on any atom is 0.119 e. The Morgan fingerprint density at radius 3 is 2.93 bits per heavy atom. The highest BCUT2D eigenvalue weighted by molar-refractivity contribution is 5.63. The SMILES string of the molecule is CCOc1ccc2c(c1)C1(CCC1)CN2. The second-order valence-corrected chi connectivity index (χ2v) is 4.63. The lowest BCUT2D eigenvalue weighted by atomic mass is 9.66. The molecule has 1 aliphatic heterocycles. The van der Waals surface area contributed by atoms with E-state index in [0.717, 1.165) is 18.9 Å². The fourth-order valence-electron chi connectivity index (χ4n) is 2.78. The molecule has 80 valence electrons. The van der Waals surface area contributed by atoms with Crippen LogP contribution in [0.4, 0.5) is 5.69 Å². The number of nitrogens with one attached hydrogen (secondary N) is 1. The van der Waals surface area contributed by atoms with Gasteiger partial charge >= 0.3 is 0 Å². The van der Waals surface area contributed by atoms with Crippen LogP contribution in [0.5, 0.6) is 5.75 Å². The molecule has 0 unspecified atom stereocenters. The van der Waals surface area contributed by atoms with Crippen LogP contribution in [0.1, 0.15) is 31.7 Å². The molecule has 2 aliphatic rings. The molecule has 0 amide bonds. The van der Waals surface area contributed by atoms with E-state index in [2.05, 4.69) is 23.5 Å². The summed E-state index contributed by atoms with van der Waals surface area (Å²) in [6.07, 6.45) is 4.05. The molecule has 2 nitrogen and oxygen atoms in total. The number of hydrogen-bond donors (Lipinski definition) is 1. The van der Waals surface area contributed by atoms with Crippen molar-refractivity contribution in [2.45, 2.75) is 31.6 Å². The molecule has 0 atom stereocenters. The molecular formula is C13H17NO. The third-order valence-corrected chi connectivity index (χ3v) is 3.80. The Hall–Kier alpha value is -1.18. The van der Waals surface area contributed by atoms with Gasteiger partial charge in [-0.2, -0.15) is 0 Å². The number of rotatable bonds is 2. The summed E-state index contributed by atoms with van der Waals surface area (Å²) in [4.78, 5) is 0. The highest BCUT2D eigenvalue weighted by atomic mass is 16.5. The van der Waals surface area contributed by atoms with E-state index in [1.54, 1.807) is 0 Å². The molecule has 1 fully saturated rings. The van der Waals surface area contributed by atoms with Gasteiger partial charge in [-0.05, 0) is 43.5 Å². The van der Waals surface area contributed by atoms with Gasteiger partial charge in [0.25, 0.3) is 0 Å². The number of hydrogen-bond acceptors (Lipinski definition) is 2. The zero-order valence-corrected chi connectivity index (χ0v) is 9.18. The van der Waals surface area contributed by atoms with E-state index in [1.807, 2.05) is 6.92 Å². The molecule has 0 aromatic heterocycles. The van der Waals surface area contributed by atoms with Crippen LogP contribution in [-0.4, -0.2) is 13.2 Å². The Balaban J connectivity index is 1.98. The highest BCUT2D eigenvalue weighted by Gasteiger charge is 2.43. The molecule has 0 saturated heterocycles. The van der Waals surface area contributed by atoms with Crippen LogP contribution < -0.4 is 10.1 Å². The van der Waals surface area contributed by atoms with Crippen LogP contribution >= 0.6 is 0 Å². The summed E-state index contributed by atoms with van der Waals surface area (Å²) in [6.45, 7) is 3.90. The largest absolute Gasteiger partial charge is 0.494 e. The number of anilines is 1. The molecule has 1 heterocycles. The minimum Gasteiger partial charge on any atom is -0.494 e. The van der Waals surface area contributed by atoms with Gasteiger partial charge in [-0.3, -0.25) is 0 Å². The summed E-state index contributed by atoms with van der Waals surface area (Å²) in [5.41, 5.74) is 3.25. The Morgan fingerprint density at radius 2 is 2.27 bits per heavy atom. The van der Waals surface area contributed by atoms with Gasteiger partial charge < -0.3 is 10.1 Å². The van der Waals surface area contributed by atoms with Gasteiger partial charge in [0, 0.05) is 17.6 Å². The quantitative estimate of drug-likeness (QED) is 0.798. The monoisotopic (exact) mass is 203 g/mol. The molecule has 1 aromatic carbocycles. The first kappa shape index (κ1) is 9.08. The maximum atomic E-state index is 5.57. The van der Waals surface area contributed by atoms with Gasteiger partial charge in [-0.1, -0.05) is 6.42 Å². The molecule has 3 rings (SSSR count). The first-order valence-electron chi connectivity index (χ1n) is 5.85. The van der Waals surface area contributed by atoms with E-state index in [4.69, 9.17) is 4.74 Å². The minimum absolute atomic E-state index is 0.447. The average Bonchev–Trinajstić information content (AvgIpc) is 2.56. The fraction of sp³-hybridized carbons (Fsp3) is 0.538. The number of fused-ring (bicyclic) bond motifs is 2. The molecule has 15 heavy (non-hydrogen) atoms. The van der Waals surface area contributed by atoms with Crippen LogP contribution in [0.3, 0.4) is 0 Å². The summed E-state index contributed by atoms with van der Waals surface area (Å²) >= 11 is 0. The summed E-state index contributed by atoms with van der Waals surface area (Å²) in [6, 6.07) is 6.46. The average molecular weight is 203 g/mol. The van der Waals surface area contributed by atoms with Gasteiger partial charge in [0.05, 0.1) is 6.61 Å². The lowest BCUT2D eigenvalue weighted by molar-refractivity contribution is 0.270. The second-order valence-electron chi connectivity index (χ2n) is 4.63. The van der Waals surface area contributed by atoms with Crippen molar-refractivity contribution in [3.8, 4) is 5.75 Å². The van der Waals surface area contributed by atoms with E-state index in [-0.39, 0.29) is 0 Å². The Morgan fingerprint density at radius 1 is 1.40 bits per heavy atom. The van der Waals surface area contributed by atoms with Crippen LogP contribution in [0, 0.1) is 0 Å². The van der Waals surface area contributed by atoms with Crippen molar-refractivity contribution < 1.29 is 4.74 Å². The van der Waals surface area contributed by atoms with E-state index in [0.29, 0.717) is 5.41 Å². The standard InChI is InChI=1S/C13H17NO/c1-2-15-10-4-5-12-11(8-10)13(9-14-12)6-3-7-13/h4-5,8,14H,2-3,6-7,9H2,1H3. The summed E-state index contributed by atoms with van der Waals surface area (Å²) in [7, 11) is 0. The minimum atomic E-state index is 0.447. The fourth-order valence-corrected chi connectivity index (χ4v) is 2.78. The van der Waals surface area contributed by atoms with Crippen molar-refractivity contribution in [1.82, 2.24) is 0 Å². The lowest BCUT2D eigenvalue weighted by Crippen LogP contribution is -2.35. The predicted molar refractivity (Wildman–Crippen MR) is 61.6 cm³/mol. The third-order valence-electron chi connectivity index (χ3n) is 3.80. The number of benzene rings is 1. The van der Waals surface area contributed by atoms with Crippen molar-refractivity contribution in [2.75, 3.05) is 18.5 Å². The van der Waals surface area contributed by atoms with E-state index >= 15 is 0 Å². The first-order chi connectivity index (χ1) is 7.34. The molecule has 1 saturated carbocycles. The molecular weight excluding hydrogens is 186 g/mol. The van der Waals surface area contributed by atoms with Gasteiger partial charge in [-0.15, -0.1) is 0 Å². The van der Waals surface area contributed by atoms with Crippen molar-refractivity contribution in [2.24, 2.45) is 0 Å². The highest BCUT2D eigenvalue weighted by Crippen LogP contribution is 2.50. The van der Waals surface area contributed by atoms with Gasteiger partial charge in [-0.25, -0.2) is 0 Å². The van der Waals surface area contributed by atoms with Crippen molar-refractivity contribution >= 4 is 5.69 Å². The topological polar surface area (TPSA) is 21.3 Å². The maximum absolute atomic E-state index is 5.57. The zero-order chi connectivity index (χ0) is 10.3. The first-order valence-corrected chi connectivity index (χ1v) is 5.85. The summed E-state index contributed by atoms with van der Waals surface area (Å²) < 4.78 is 5.57.